The zero-order valence-electron chi connectivity index (χ0n) is 13.7. The minimum Gasteiger partial charge on any atom is -0.311 e. The van der Waals surface area contributed by atoms with Crippen molar-refractivity contribution in [3.05, 3.63) is 35.4 Å². The molecule has 1 aliphatic heterocycles. The number of hydrogen-bond donors (Lipinski definition) is 1. The van der Waals surface area contributed by atoms with E-state index in [1.54, 1.807) is 0 Å². The Balaban J connectivity index is 2.18. The predicted octanol–water partition coefficient (Wildman–Crippen LogP) is 3.59. The fourth-order valence-electron chi connectivity index (χ4n) is 3.03. The first kappa shape index (κ1) is 15.5. The van der Waals surface area contributed by atoms with Crippen LogP contribution >= 0.6 is 0 Å². The fraction of sp³-hybridized carbons (Fsp3) is 0.667. The Bertz CT molecular complexity index is 441. The smallest absolute Gasteiger partial charge is 0.0307 e. The van der Waals surface area contributed by atoms with Crippen LogP contribution in [0, 0.1) is 12.8 Å². The van der Waals surface area contributed by atoms with E-state index in [-0.39, 0.29) is 5.54 Å². The fourth-order valence-corrected chi connectivity index (χ4v) is 3.03. The first-order chi connectivity index (χ1) is 9.46. The summed E-state index contributed by atoms with van der Waals surface area (Å²) in [7, 11) is 0. The molecule has 2 rings (SSSR count). The molecule has 1 aliphatic rings. The van der Waals surface area contributed by atoms with Crippen molar-refractivity contribution in [3.8, 4) is 0 Å². The molecule has 20 heavy (non-hydrogen) atoms. The first-order valence-electron chi connectivity index (χ1n) is 7.99. The second kappa shape index (κ2) is 6.28. The third kappa shape index (κ3) is 3.24. The maximum Gasteiger partial charge on any atom is 0.0307 e. The minimum atomic E-state index is 0.271. The van der Waals surface area contributed by atoms with Crippen molar-refractivity contribution in [2.45, 2.75) is 59.2 Å². The van der Waals surface area contributed by atoms with Crippen LogP contribution in [0.1, 0.15) is 45.2 Å². The number of piperazine rings is 1. The van der Waals surface area contributed by atoms with Gasteiger partial charge in [0.25, 0.3) is 0 Å². The molecule has 0 amide bonds. The molecule has 2 nitrogen and oxygen atoms in total. The van der Waals surface area contributed by atoms with Gasteiger partial charge in [-0.2, -0.15) is 0 Å². The van der Waals surface area contributed by atoms with Crippen molar-refractivity contribution in [1.82, 2.24) is 10.2 Å². The Morgan fingerprint density at radius 2 is 2.05 bits per heavy atom. The molecule has 2 unspecified atom stereocenters. The molecule has 112 valence electrons. The highest BCUT2D eigenvalue weighted by molar-refractivity contribution is 5.25. The molecule has 1 N–H and O–H groups in total. The average molecular weight is 274 g/mol. The molecule has 0 saturated carbocycles. The molecule has 0 spiro atoms. The molecule has 2 atom stereocenters. The van der Waals surface area contributed by atoms with Gasteiger partial charge in [-0.3, -0.25) is 4.90 Å². The van der Waals surface area contributed by atoms with Crippen LogP contribution in [0.2, 0.25) is 0 Å². The van der Waals surface area contributed by atoms with E-state index in [0.717, 1.165) is 19.6 Å². The SMILES string of the molecule is CCC1(C)CNC(C(C)C)CN1Cc1ccccc1C. The lowest BCUT2D eigenvalue weighted by atomic mass is 9.88. The summed E-state index contributed by atoms with van der Waals surface area (Å²) in [5.41, 5.74) is 3.15. The van der Waals surface area contributed by atoms with Crippen LogP contribution in [0.4, 0.5) is 0 Å². The van der Waals surface area contributed by atoms with Crippen LogP contribution in [-0.2, 0) is 6.54 Å². The molecule has 1 fully saturated rings. The average Bonchev–Trinajstić information content (AvgIpc) is 2.43. The first-order valence-corrected chi connectivity index (χ1v) is 7.99. The second-order valence-electron chi connectivity index (χ2n) is 6.89. The summed E-state index contributed by atoms with van der Waals surface area (Å²) in [6.45, 7) is 14.9. The van der Waals surface area contributed by atoms with Crippen LogP contribution in [0.3, 0.4) is 0 Å². The largest absolute Gasteiger partial charge is 0.311 e. The number of nitrogens with one attached hydrogen (secondary N) is 1. The summed E-state index contributed by atoms with van der Waals surface area (Å²) < 4.78 is 0. The van der Waals surface area contributed by atoms with Crippen LogP contribution in [0.15, 0.2) is 24.3 Å². The highest BCUT2D eigenvalue weighted by atomic mass is 15.3. The summed E-state index contributed by atoms with van der Waals surface area (Å²) in [5, 5.41) is 3.75. The van der Waals surface area contributed by atoms with Crippen molar-refractivity contribution in [3.63, 3.8) is 0 Å². The van der Waals surface area contributed by atoms with E-state index in [1.807, 2.05) is 0 Å². The summed E-state index contributed by atoms with van der Waals surface area (Å²) in [6, 6.07) is 9.40. The van der Waals surface area contributed by atoms with E-state index in [9.17, 15) is 0 Å². The topological polar surface area (TPSA) is 15.3 Å². The Morgan fingerprint density at radius 3 is 2.65 bits per heavy atom. The van der Waals surface area contributed by atoms with E-state index in [2.05, 4.69) is 69.1 Å². The lowest BCUT2D eigenvalue weighted by Gasteiger charge is -2.49. The second-order valence-corrected chi connectivity index (χ2v) is 6.89. The van der Waals surface area contributed by atoms with E-state index in [4.69, 9.17) is 0 Å². The van der Waals surface area contributed by atoms with Crippen molar-refractivity contribution in [1.29, 1.82) is 0 Å². The lowest BCUT2D eigenvalue weighted by molar-refractivity contribution is 0.0315. The molecular formula is C18H30N2. The van der Waals surface area contributed by atoms with Crippen LogP contribution in [0.5, 0.6) is 0 Å². The van der Waals surface area contributed by atoms with Gasteiger partial charge >= 0.3 is 0 Å². The zero-order chi connectivity index (χ0) is 14.8. The van der Waals surface area contributed by atoms with Gasteiger partial charge in [-0.25, -0.2) is 0 Å². The van der Waals surface area contributed by atoms with E-state index < -0.39 is 0 Å². The maximum absolute atomic E-state index is 3.75. The van der Waals surface area contributed by atoms with E-state index >= 15 is 0 Å². The summed E-state index contributed by atoms with van der Waals surface area (Å²) in [6.07, 6.45) is 1.19. The zero-order valence-corrected chi connectivity index (χ0v) is 13.7. The third-order valence-electron chi connectivity index (χ3n) is 5.11. The van der Waals surface area contributed by atoms with Gasteiger partial charge < -0.3 is 5.32 Å². The van der Waals surface area contributed by atoms with Gasteiger partial charge in [0.15, 0.2) is 0 Å². The third-order valence-corrected chi connectivity index (χ3v) is 5.11. The molecule has 0 bridgehead atoms. The lowest BCUT2D eigenvalue weighted by Crippen LogP contribution is -2.63. The van der Waals surface area contributed by atoms with E-state index in [1.165, 1.54) is 17.5 Å². The Kier molecular flexibility index (Phi) is 4.87. The van der Waals surface area contributed by atoms with Crippen LogP contribution < -0.4 is 5.32 Å². The standard InChI is InChI=1S/C18H30N2/c1-6-18(5)13-19-17(14(2)3)12-20(18)11-16-10-8-7-9-15(16)4/h7-10,14,17,19H,6,11-13H2,1-5H3. The van der Waals surface area contributed by atoms with Crippen molar-refractivity contribution < 1.29 is 0 Å². The number of benzene rings is 1. The van der Waals surface area contributed by atoms with Gasteiger partial charge in [-0.1, -0.05) is 45.0 Å². The summed E-state index contributed by atoms with van der Waals surface area (Å²) >= 11 is 0. The van der Waals surface area contributed by atoms with Gasteiger partial charge in [0.2, 0.25) is 0 Å². The predicted molar refractivity (Wildman–Crippen MR) is 86.9 cm³/mol. The van der Waals surface area contributed by atoms with Crippen LogP contribution in [0.25, 0.3) is 0 Å². The van der Waals surface area contributed by atoms with Crippen LogP contribution in [-0.4, -0.2) is 29.6 Å². The summed E-state index contributed by atoms with van der Waals surface area (Å²) in [5.74, 6) is 0.691. The van der Waals surface area contributed by atoms with Crippen molar-refractivity contribution >= 4 is 0 Å². The minimum absolute atomic E-state index is 0.271. The highest BCUT2D eigenvalue weighted by Gasteiger charge is 2.37. The Hall–Kier alpha value is -0.860. The molecule has 0 aliphatic carbocycles. The van der Waals surface area contributed by atoms with Crippen molar-refractivity contribution in [2.24, 2.45) is 5.92 Å². The number of hydrogen-bond acceptors (Lipinski definition) is 2. The molecule has 2 heteroatoms. The van der Waals surface area contributed by atoms with Gasteiger partial charge in [0, 0.05) is 31.2 Å². The maximum atomic E-state index is 3.75. The number of rotatable bonds is 4. The molecular weight excluding hydrogens is 244 g/mol. The van der Waals surface area contributed by atoms with Crippen molar-refractivity contribution in [2.75, 3.05) is 13.1 Å². The number of nitrogens with zero attached hydrogens (tertiary/aromatic N) is 1. The number of aryl methyl sites for hydroxylation is 1. The van der Waals surface area contributed by atoms with Gasteiger partial charge in [0.1, 0.15) is 0 Å². The molecule has 0 radical (unpaired) electrons. The quantitative estimate of drug-likeness (QED) is 0.902. The molecule has 0 aromatic heterocycles. The molecule has 1 aromatic carbocycles. The van der Waals surface area contributed by atoms with Gasteiger partial charge in [-0.15, -0.1) is 0 Å². The molecule has 1 saturated heterocycles. The van der Waals surface area contributed by atoms with Gasteiger partial charge in [-0.05, 0) is 37.3 Å². The highest BCUT2D eigenvalue weighted by Crippen LogP contribution is 2.27. The molecule has 1 heterocycles. The Morgan fingerprint density at radius 1 is 1.35 bits per heavy atom. The normalized spacial score (nSPS) is 28.0. The van der Waals surface area contributed by atoms with E-state index in [0.29, 0.717) is 12.0 Å². The Labute approximate surface area is 124 Å². The molecule has 1 aromatic rings. The monoisotopic (exact) mass is 274 g/mol. The summed E-state index contributed by atoms with van der Waals surface area (Å²) in [4.78, 5) is 2.69. The van der Waals surface area contributed by atoms with Gasteiger partial charge in [0.05, 0.1) is 0 Å².